The zero-order chi connectivity index (χ0) is 22.6. The van der Waals surface area contributed by atoms with Crippen molar-refractivity contribution in [2.75, 3.05) is 18.4 Å². The number of hydrogen-bond acceptors (Lipinski definition) is 6. The molecule has 1 saturated heterocycles. The van der Waals surface area contributed by atoms with Crippen LogP contribution in [0.25, 0.3) is 16.6 Å². The lowest BCUT2D eigenvalue weighted by atomic mass is 10.2. The van der Waals surface area contributed by atoms with Gasteiger partial charge in [0.25, 0.3) is 0 Å². The maximum absolute atomic E-state index is 13.1. The van der Waals surface area contributed by atoms with E-state index >= 15 is 0 Å². The molecule has 0 spiro atoms. The Labute approximate surface area is 197 Å². The Bertz CT molecular complexity index is 1250. The summed E-state index contributed by atoms with van der Waals surface area (Å²) in [4.78, 5) is 19.9. The quantitative estimate of drug-likeness (QED) is 0.410. The van der Waals surface area contributed by atoms with E-state index in [0.29, 0.717) is 0 Å². The Kier molecular flexibility index (Phi) is 6.37. The lowest BCUT2D eigenvalue weighted by Crippen LogP contribution is -2.23. The fourth-order valence-corrected chi connectivity index (χ4v) is 5.00. The SMILES string of the molecule is CC(Sc1nnc(CN2CCCC2)n1-c1ccccc1)C(=O)Nc1cccc2ncccc12. The van der Waals surface area contributed by atoms with E-state index in [2.05, 4.69) is 42.1 Å². The Hall–Kier alpha value is -3.23. The number of nitrogens with zero attached hydrogens (tertiary/aromatic N) is 5. The number of aromatic nitrogens is 4. The van der Waals surface area contributed by atoms with Gasteiger partial charge in [-0.3, -0.25) is 19.2 Å². The molecule has 2 aromatic carbocycles. The monoisotopic (exact) mass is 458 g/mol. The van der Waals surface area contributed by atoms with Gasteiger partial charge in [0, 0.05) is 17.3 Å². The van der Waals surface area contributed by atoms with Gasteiger partial charge in [-0.15, -0.1) is 10.2 Å². The normalized spacial score (nSPS) is 15.1. The molecule has 7 nitrogen and oxygen atoms in total. The molecule has 4 aromatic rings. The van der Waals surface area contributed by atoms with Crippen LogP contribution in [0.1, 0.15) is 25.6 Å². The molecule has 1 N–H and O–H groups in total. The predicted octanol–water partition coefficient (Wildman–Crippen LogP) is 4.53. The molecule has 3 heterocycles. The number of anilines is 1. The van der Waals surface area contributed by atoms with Gasteiger partial charge in [-0.05, 0) is 69.3 Å². The number of benzene rings is 2. The number of carbonyl (C=O) groups excluding carboxylic acids is 1. The highest BCUT2D eigenvalue weighted by Crippen LogP contribution is 2.28. The number of pyridine rings is 1. The molecular weight excluding hydrogens is 432 g/mol. The lowest BCUT2D eigenvalue weighted by molar-refractivity contribution is -0.115. The Morgan fingerprint density at radius 2 is 1.85 bits per heavy atom. The molecule has 1 atom stereocenters. The second kappa shape index (κ2) is 9.72. The van der Waals surface area contributed by atoms with Crippen LogP contribution in [-0.2, 0) is 11.3 Å². The third-order valence-corrected chi connectivity index (χ3v) is 6.88. The van der Waals surface area contributed by atoms with Gasteiger partial charge in [0.15, 0.2) is 11.0 Å². The van der Waals surface area contributed by atoms with E-state index in [4.69, 9.17) is 0 Å². The standard InChI is InChI=1S/C25H26N6OS/c1-18(24(32)27-22-13-7-12-21-20(22)11-8-14-26-21)33-25-29-28-23(17-30-15-5-6-16-30)31(25)19-9-3-2-4-10-19/h2-4,7-14,18H,5-6,15-17H2,1H3,(H,27,32). The van der Waals surface area contributed by atoms with Crippen molar-refractivity contribution in [1.82, 2.24) is 24.6 Å². The van der Waals surface area contributed by atoms with Crippen LogP contribution in [-0.4, -0.2) is 48.9 Å². The second-order valence-corrected chi connectivity index (χ2v) is 9.49. The molecule has 1 aliphatic rings. The average Bonchev–Trinajstić information content (AvgIpc) is 3.50. The van der Waals surface area contributed by atoms with Crippen LogP contribution in [0.5, 0.6) is 0 Å². The summed E-state index contributed by atoms with van der Waals surface area (Å²) in [6.07, 6.45) is 4.20. The predicted molar refractivity (Wildman–Crippen MR) is 132 cm³/mol. The molecule has 8 heteroatoms. The van der Waals surface area contributed by atoms with E-state index in [9.17, 15) is 4.79 Å². The van der Waals surface area contributed by atoms with Crippen molar-refractivity contribution in [2.24, 2.45) is 0 Å². The van der Waals surface area contributed by atoms with Crippen LogP contribution in [0.4, 0.5) is 5.69 Å². The van der Waals surface area contributed by atoms with Crippen molar-refractivity contribution in [3.05, 3.63) is 72.7 Å². The van der Waals surface area contributed by atoms with E-state index < -0.39 is 0 Å². The van der Waals surface area contributed by atoms with Crippen molar-refractivity contribution < 1.29 is 4.79 Å². The maximum Gasteiger partial charge on any atom is 0.237 e. The van der Waals surface area contributed by atoms with Crippen LogP contribution in [0, 0.1) is 0 Å². The molecule has 0 bridgehead atoms. The molecular formula is C25H26N6OS. The van der Waals surface area contributed by atoms with Crippen molar-refractivity contribution in [2.45, 2.75) is 36.7 Å². The molecule has 168 valence electrons. The first kappa shape index (κ1) is 21.6. The first-order valence-corrected chi connectivity index (χ1v) is 12.1. The Morgan fingerprint density at radius 3 is 2.67 bits per heavy atom. The van der Waals surface area contributed by atoms with E-state index in [1.54, 1.807) is 6.20 Å². The van der Waals surface area contributed by atoms with Crippen molar-refractivity contribution in [3.8, 4) is 5.69 Å². The third kappa shape index (κ3) is 4.77. The van der Waals surface area contributed by atoms with E-state index in [1.165, 1.54) is 24.6 Å². The van der Waals surface area contributed by atoms with Gasteiger partial charge < -0.3 is 5.32 Å². The van der Waals surface area contributed by atoms with Crippen LogP contribution in [0.15, 0.2) is 72.0 Å². The van der Waals surface area contributed by atoms with E-state index in [-0.39, 0.29) is 11.2 Å². The largest absolute Gasteiger partial charge is 0.324 e. The molecule has 33 heavy (non-hydrogen) atoms. The number of rotatable bonds is 7. The number of likely N-dealkylation sites (tertiary alicyclic amines) is 1. The summed E-state index contributed by atoms with van der Waals surface area (Å²) < 4.78 is 2.08. The van der Waals surface area contributed by atoms with E-state index in [0.717, 1.165) is 52.9 Å². The summed E-state index contributed by atoms with van der Waals surface area (Å²) in [5.41, 5.74) is 2.62. The minimum atomic E-state index is -0.358. The van der Waals surface area contributed by atoms with Crippen LogP contribution in [0.3, 0.4) is 0 Å². The fraction of sp³-hybridized carbons (Fsp3) is 0.280. The maximum atomic E-state index is 13.1. The number of para-hydroxylation sites is 1. The highest BCUT2D eigenvalue weighted by Gasteiger charge is 2.23. The molecule has 1 fully saturated rings. The number of fused-ring (bicyclic) bond motifs is 1. The van der Waals surface area contributed by atoms with Gasteiger partial charge >= 0.3 is 0 Å². The summed E-state index contributed by atoms with van der Waals surface area (Å²) in [6, 6.07) is 19.7. The highest BCUT2D eigenvalue weighted by atomic mass is 32.2. The summed E-state index contributed by atoms with van der Waals surface area (Å²) in [5, 5.41) is 13.3. The van der Waals surface area contributed by atoms with E-state index in [1.807, 2.05) is 55.5 Å². The molecule has 0 radical (unpaired) electrons. The minimum absolute atomic E-state index is 0.0833. The molecule has 2 aromatic heterocycles. The van der Waals surface area contributed by atoms with Crippen molar-refractivity contribution >= 4 is 34.3 Å². The molecule has 1 amide bonds. The Balaban J connectivity index is 1.37. The fourth-order valence-electron chi connectivity index (χ4n) is 4.11. The summed E-state index contributed by atoms with van der Waals surface area (Å²) in [5.74, 6) is 0.818. The van der Waals surface area contributed by atoms with Gasteiger partial charge in [-0.25, -0.2) is 0 Å². The molecule has 5 rings (SSSR count). The summed E-state index contributed by atoms with van der Waals surface area (Å²) in [6.45, 7) is 4.82. The van der Waals surface area contributed by atoms with Crippen LogP contribution < -0.4 is 5.32 Å². The topological polar surface area (TPSA) is 75.9 Å². The first-order valence-electron chi connectivity index (χ1n) is 11.2. The Morgan fingerprint density at radius 1 is 1.03 bits per heavy atom. The summed E-state index contributed by atoms with van der Waals surface area (Å²) in [7, 11) is 0. The van der Waals surface area contributed by atoms with Crippen molar-refractivity contribution in [3.63, 3.8) is 0 Å². The van der Waals surface area contributed by atoms with Crippen LogP contribution in [0.2, 0.25) is 0 Å². The van der Waals surface area contributed by atoms with Gasteiger partial charge in [0.1, 0.15) is 0 Å². The molecule has 0 saturated carbocycles. The van der Waals surface area contributed by atoms with Gasteiger partial charge in [0.05, 0.1) is 23.0 Å². The number of amides is 1. The van der Waals surface area contributed by atoms with Gasteiger partial charge in [-0.2, -0.15) is 0 Å². The lowest BCUT2D eigenvalue weighted by Gasteiger charge is -2.17. The number of carbonyl (C=O) groups is 1. The minimum Gasteiger partial charge on any atom is -0.324 e. The number of thioether (sulfide) groups is 1. The third-order valence-electron chi connectivity index (χ3n) is 5.83. The smallest absolute Gasteiger partial charge is 0.237 e. The second-order valence-electron chi connectivity index (χ2n) is 8.18. The number of nitrogens with one attached hydrogen (secondary N) is 1. The highest BCUT2D eigenvalue weighted by molar-refractivity contribution is 8.00. The molecule has 0 aliphatic carbocycles. The first-order chi connectivity index (χ1) is 16.2. The van der Waals surface area contributed by atoms with Crippen molar-refractivity contribution in [1.29, 1.82) is 0 Å². The molecule has 1 unspecified atom stereocenters. The average molecular weight is 459 g/mol. The van der Waals surface area contributed by atoms with Gasteiger partial charge in [0.2, 0.25) is 5.91 Å². The number of hydrogen-bond donors (Lipinski definition) is 1. The van der Waals surface area contributed by atoms with Crippen LogP contribution >= 0.6 is 11.8 Å². The summed E-state index contributed by atoms with van der Waals surface area (Å²) >= 11 is 1.42. The zero-order valence-electron chi connectivity index (χ0n) is 18.5. The molecule has 1 aliphatic heterocycles. The zero-order valence-corrected chi connectivity index (χ0v) is 19.3. The van der Waals surface area contributed by atoms with Gasteiger partial charge in [-0.1, -0.05) is 36.0 Å².